The van der Waals surface area contributed by atoms with Gasteiger partial charge >= 0.3 is 0 Å². The van der Waals surface area contributed by atoms with Crippen LogP contribution >= 0.6 is 0 Å². The summed E-state index contributed by atoms with van der Waals surface area (Å²) < 4.78 is 27.1. The van der Waals surface area contributed by atoms with Crippen molar-refractivity contribution in [1.82, 2.24) is 0 Å². The van der Waals surface area contributed by atoms with E-state index in [4.69, 9.17) is 0 Å². The molecule has 0 bridgehead atoms. The van der Waals surface area contributed by atoms with Crippen LogP contribution in [0.15, 0.2) is 30.3 Å². The van der Waals surface area contributed by atoms with Gasteiger partial charge in [-0.1, -0.05) is 6.07 Å². The first-order valence-electron chi connectivity index (χ1n) is 5.98. The monoisotopic (exact) mass is 245 g/mol. The first-order chi connectivity index (χ1) is 8.65. The number of nitrogens with one attached hydrogen (secondary N) is 1. The van der Waals surface area contributed by atoms with Gasteiger partial charge in [-0.25, -0.2) is 8.78 Å². The van der Waals surface area contributed by atoms with Crippen molar-refractivity contribution in [2.45, 2.75) is 13.3 Å². The molecule has 0 spiro atoms. The van der Waals surface area contributed by atoms with Gasteiger partial charge in [-0.15, -0.1) is 0 Å². The first kappa shape index (κ1) is 11.2. The Morgan fingerprint density at radius 2 is 1.89 bits per heavy atom. The number of aryl methyl sites for hydroxylation is 1. The lowest BCUT2D eigenvalue weighted by atomic mass is 9.99. The lowest BCUT2D eigenvalue weighted by molar-refractivity contribution is 0.579. The summed E-state index contributed by atoms with van der Waals surface area (Å²) in [6.07, 6.45) is 0.949. The number of anilines is 1. The maximum absolute atomic E-state index is 13.8. The molecule has 0 saturated heterocycles. The van der Waals surface area contributed by atoms with Gasteiger partial charge in [0.1, 0.15) is 11.6 Å². The smallest absolute Gasteiger partial charge is 0.133 e. The highest BCUT2D eigenvalue weighted by atomic mass is 19.1. The summed E-state index contributed by atoms with van der Waals surface area (Å²) in [6, 6.07) is 8.32. The van der Waals surface area contributed by atoms with Crippen LogP contribution in [-0.2, 0) is 6.42 Å². The molecule has 1 aliphatic rings. The molecular weight excluding hydrogens is 232 g/mol. The van der Waals surface area contributed by atoms with E-state index in [2.05, 4.69) is 5.32 Å². The fraction of sp³-hybridized carbons (Fsp3) is 0.200. The molecule has 92 valence electrons. The number of halogens is 2. The van der Waals surface area contributed by atoms with E-state index >= 15 is 0 Å². The Morgan fingerprint density at radius 3 is 2.72 bits per heavy atom. The lowest BCUT2D eigenvalue weighted by Gasteiger charge is -2.08. The molecule has 0 radical (unpaired) electrons. The molecule has 0 amide bonds. The van der Waals surface area contributed by atoms with E-state index in [1.54, 1.807) is 13.0 Å². The van der Waals surface area contributed by atoms with Crippen molar-refractivity contribution in [2.75, 3.05) is 11.9 Å². The maximum Gasteiger partial charge on any atom is 0.133 e. The summed E-state index contributed by atoms with van der Waals surface area (Å²) in [5.41, 5.74) is 4.03. The van der Waals surface area contributed by atoms with Crippen molar-refractivity contribution in [3.05, 3.63) is 53.1 Å². The Labute approximate surface area is 104 Å². The molecule has 0 atom stereocenters. The normalized spacial score (nSPS) is 13.3. The van der Waals surface area contributed by atoms with Gasteiger partial charge in [0, 0.05) is 23.9 Å². The highest BCUT2D eigenvalue weighted by Gasteiger charge is 2.14. The van der Waals surface area contributed by atoms with Gasteiger partial charge < -0.3 is 5.32 Å². The number of benzene rings is 2. The molecule has 0 unspecified atom stereocenters. The van der Waals surface area contributed by atoms with Crippen molar-refractivity contribution in [2.24, 2.45) is 0 Å². The second-order valence-corrected chi connectivity index (χ2v) is 4.63. The Kier molecular flexibility index (Phi) is 2.54. The standard InChI is InChI=1S/C15H13F2N/c1-9-6-12(14(17)8-13(9)16)10-2-3-15-11(7-10)4-5-18-15/h2-3,6-8,18H,4-5H2,1H3. The largest absolute Gasteiger partial charge is 0.384 e. The van der Waals surface area contributed by atoms with E-state index in [0.717, 1.165) is 30.3 Å². The van der Waals surface area contributed by atoms with Crippen molar-refractivity contribution in [1.29, 1.82) is 0 Å². The molecule has 1 heterocycles. The molecule has 1 nitrogen and oxygen atoms in total. The molecule has 0 aromatic heterocycles. The van der Waals surface area contributed by atoms with Crippen LogP contribution in [0.5, 0.6) is 0 Å². The van der Waals surface area contributed by atoms with Crippen LogP contribution in [-0.4, -0.2) is 6.54 Å². The molecule has 3 heteroatoms. The maximum atomic E-state index is 13.8. The van der Waals surface area contributed by atoms with E-state index in [0.29, 0.717) is 11.1 Å². The van der Waals surface area contributed by atoms with Gasteiger partial charge in [-0.2, -0.15) is 0 Å². The molecule has 0 fully saturated rings. The average molecular weight is 245 g/mol. The third-order valence-electron chi connectivity index (χ3n) is 3.37. The number of fused-ring (bicyclic) bond motifs is 1. The summed E-state index contributed by atoms with van der Waals surface area (Å²) in [6.45, 7) is 2.57. The van der Waals surface area contributed by atoms with E-state index in [9.17, 15) is 8.78 Å². The topological polar surface area (TPSA) is 12.0 Å². The van der Waals surface area contributed by atoms with Crippen LogP contribution in [0.2, 0.25) is 0 Å². The third kappa shape index (κ3) is 1.76. The minimum atomic E-state index is -0.510. The van der Waals surface area contributed by atoms with Gasteiger partial charge in [0.15, 0.2) is 0 Å². The predicted octanol–water partition coefficient (Wildman–Crippen LogP) is 3.91. The predicted molar refractivity (Wildman–Crippen MR) is 68.7 cm³/mol. The van der Waals surface area contributed by atoms with E-state index in [1.165, 1.54) is 5.56 Å². The zero-order chi connectivity index (χ0) is 12.7. The summed E-state index contributed by atoms with van der Waals surface area (Å²) in [4.78, 5) is 0. The van der Waals surface area contributed by atoms with E-state index in [1.807, 2.05) is 18.2 Å². The lowest BCUT2D eigenvalue weighted by Crippen LogP contribution is -1.91. The second kappa shape index (κ2) is 4.09. The Morgan fingerprint density at radius 1 is 1.06 bits per heavy atom. The first-order valence-corrected chi connectivity index (χ1v) is 5.98. The van der Waals surface area contributed by atoms with Gasteiger partial charge in [0.2, 0.25) is 0 Å². The summed E-state index contributed by atoms with van der Waals surface area (Å²) in [7, 11) is 0. The van der Waals surface area contributed by atoms with Crippen LogP contribution < -0.4 is 5.32 Å². The quantitative estimate of drug-likeness (QED) is 0.803. The molecule has 3 rings (SSSR count). The van der Waals surface area contributed by atoms with Gasteiger partial charge in [-0.05, 0) is 48.2 Å². The summed E-state index contributed by atoms with van der Waals surface area (Å²) in [5.74, 6) is -1.01. The molecule has 0 aliphatic carbocycles. The minimum Gasteiger partial charge on any atom is -0.384 e. The van der Waals surface area contributed by atoms with Crippen LogP contribution in [0.4, 0.5) is 14.5 Å². The van der Waals surface area contributed by atoms with Crippen molar-refractivity contribution in [3.63, 3.8) is 0 Å². The zero-order valence-electron chi connectivity index (χ0n) is 10.1. The van der Waals surface area contributed by atoms with Gasteiger partial charge in [0.05, 0.1) is 0 Å². The Hall–Kier alpha value is -1.90. The Bertz CT molecular complexity index is 620. The SMILES string of the molecule is Cc1cc(-c2ccc3c(c2)CCN3)c(F)cc1F. The minimum absolute atomic E-state index is 0.462. The van der Waals surface area contributed by atoms with Crippen LogP contribution in [0, 0.1) is 18.6 Å². The molecule has 18 heavy (non-hydrogen) atoms. The molecule has 0 saturated carbocycles. The van der Waals surface area contributed by atoms with Crippen LogP contribution in [0.25, 0.3) is 11.1 Å². The summed E-state index contributed by atoms with van der Waals surface area (Å²) in [5, 5.41) is 3.26. The number of rotatable bonds is 1. The number of hydrogen-bond donors (Lipinski definition) is 1. The molecule has 2 aromatic carbocycles. The van der Waals surface area contributed by atoms with Gasteiger partial charge in [-0.3, -0.25) is 0 Å². The second-order valence-electron chi connectivity index (χ2n) is 4.63. The van der Waals surface area contributed by atoms with E-state index < -0.39 is 11.6 Å². The van der Waals surface area contributed by atoms with Crippen LogP contribution in [0.3, 0.4) is 0 Å². The van der Waals surface area contributed by atoms with Crippen molar-refractivity contribution < 1.29 is 8.78 Å². The average Bonchev–Trinajstić information content (AvgIpc) is 2.80. The zero-order valence-corrected chi connectivity index (χ0v) is 10.1. The molecule has 1 N–H and O–H groups in total. The number of hydrogen-bond acceptors (Lipinski definition) is 1. The summed E-state index contributed by atoms with van der Waals surface area (Å²) >= 11 is 0. The highest BCUT2D eigenvalue weighted by Crippen LogP contribution is 2.31. The molecule has 1 aliphatic heterocycles. The Balaban J connectivity index is 2.12. The highest BCUT2D eigenvalue weighted by molar-refractivity contribution is 5.70. The molecular formula is C15H13F2N. The van der Waals surface area contributed by atoms with Crippen molar-refractivity contribution in [3.8, 4) is 11.1 Å². The van der Waals surface area contributed by atoms with Gasteiger partial charge in [0.25, 0.3) is 0 Å². The fourth-order valence-corrected chi connectivity index (χ4v) is 2.35. The third-order valence-corrected chi connectivity index (χ3v) is 3.37. The van der Waals surface area contributed by atoms with E-state index in [-0.39, 0.29) is 0 Å². The fourth-order valence-electron chi connectivity index (χ4n) is 2.35. The van der Waals surface area contributed by atoms with Crippen LogP contribution in [0.1, 0.15) is 11.1 Å². The van der Waals surface area contributed by atoms with Crippen molar-refractivity contribution >= 4 is 5.69 Å². The molecule has 2 aromatic rings.